The van der Waals surface area contributed by atoms with E-state index in [9.17, 15) is 0 Å². The van der Waals surface area contributed by atoms with Gasteiger partial charge in [0.15, 0.2) is 0 Å². The Morgan fingerprint density at radius 3 is 2.14 bits per heavy atom. The Hall–Kier alpha value is -2.31. The maximum atomic E-state index is 8.51. The lowest BCUT2D eigenvalue weighted by molar-refractivity contribution is 0.818. The normalized spacial score (nSPS) is 10.2. The summed E-state index contributed by atoms with van der Waals surface area (Å²) >= 11 is 0. The minimum atomic E-state index is 0.0978. The van der Waals surface area contributed by atoms with Gasteiger partial charge in [-0.15, -0.1) is 0 Å². The molecule has 0 aliphatic carbocycles. The van der Waals surface area contributed by atoms with Crippen LogP contribution in [0.4, 0.5) is 5.69 Å². The van der Waals surface area contributed by atoms with Gasteiger partial charge in [0.2, 0.25) is 0 Å². The summed E-state index contributed by atoms with van der Waals surface area (Å²) in [5.74, 6) is 0. The van der Waals surface area contributed by atoms with E-state index in [2.05, 4.69) is 13.0 Å². The Kier molecular flexibility index (Phi) is 10.2. The summed E-state index contributed by atoms with van der Waals surface area (Å²) in [5.41, 5.74) is 15.0. The zero-order valence-corrected chi connectivity index (χ0v) is 14.0. The molecule has 2 aromatic carbocycles. The van der Waals surface area contributed by atoms with E-state index in [1.165, 1.54) is 5.56 Å². The summed E-state index contributed by atoms with van der Waals surface area (Å²) in [5, 5.41) is 8.51. The van der Waals surface area contributed by atoms with Crippen molar-refractivity contribution in [2.24, 2.45) is 5.73 Å². The molecule has 0 aliphatic heterocycles. The lowest BCUT2D eigenvalue weighted by Crippen LogP contribution is -2.04. The average Bonchev–Trinajstić information content (AvgIpc) is 2.57. The van der Waals surface area contributed by atoms with Gasteiger partial charge in [-0.2, -0.15) is 5.26 Å². The molecular weight excluding hydrogens is 270 g/mol. The molecular formula is C19H27N3. The molecule has 2 aromatic rings. The number of aryl methyl sites for hydroxylation is 1. The summed E-state index contributed by atoms with van der Waals surface area (Å²) in [6.45, 7) is 8.03. The number of anilines is 1. The summed E-state index contributed by atoms with van der Waals surface area (Å²) in [7, 11) is 0. The number of hydrogen-bond acceptors (Lipinski definition) is 3. The lowest BCUT2D eigenvalue weighted by Gasteiger charge is -2.03. The van der Waals surface area contributed by atoms with E-state index in [0.29, 0.717) is 0 Å². The van der Waals surface area contributed by atoms with Gasteiger partial charge in [0.05, 0.1) is 11.6 Å². The molecule has 3 heteroatoms. The van der Waals surface area contributed by atoms with Gasteiger partial charge in [-0.1, -0.05) is 45.0 Å². The molecule has 1 unspecified atom stereocenters. The molecule has 0 radical (unpaired) electrons. The molecule has 3 nitrogen and oxygen atoms in total. The maximum Gasteiger partial charge on any atom is 0.0991 e. The van der Waals surface area contributed by atoms with Crippen LogP contribution in [0, 0.1) is 11.3 Å². The molecule has 0 heterocycles. The zero-order chi connectivity index (χ0) is 17.0. The van der Waals surface area contributed by atoms with Crippen molar-refractivity contribution in [1.29, 1.82) is 5.26 Å². The van der Waals surface area contributed by atoms with Crippen molar-refractivity contribution in [3.63, 3.8) is 0 Å². The van der Waals surface area contributed by atoms with Crippen molar-refractivity contribution in [1.82, 2.24) is 0 Å². The molecule has 1 atom stereocenters. The number of rotatable bonds is 2. The third-order valence-corrected chi connectivity index (χ3v) is 2.93. The van der Waals surface area contributed by atoms with Crippen LogP contribution in [0.1, 0.15) is 50.4 Å². The second kappa shape index (κ2) is 11.4. The molecule has 0 aromatic heterocycles. The van der Waals surface area contributed by atoms with E-state index < -0.39 is 0 Å². The minimum absolute atomic E-state index is 0.0978. The van der Waals surface area contributed by atoms with Crippen LogP contribution in [0.5, 0.6) is 0 Å². The van der Waals surface area contributed by atoms with Crippen LogP contribution < -0.4 is 11.5 Å². The highest BCUT2D eigenvalue weighted by Gasteiger charge is 1.95. The Morgan fingerprint density at radius 1 is 1.09 bits per heavy atom. The monoisotopic (exact) mass is 297 g/mol. The number of nitriles is 1. The molecule has 0 saturated heterocycles. The molecule has 118 valence electrons. The maximum absolute atomic E-state index is 8.51. The Labute approximate surface area is 134 Å². The lowest BCUT2D eigenvalue weighted by atomic mass is 10.1. The predicted octanol–water partition coefficient (Wildman–Crippen LogP) is 4.44. The first kappa shape index (κ1) is 19.7. The molecule has 2 rings (SSSR count). The molecule has 4 N–H and O–H groups in total. The van der Waals surface area contributed by atoms with Crippen LogP contribution in [0.15, 0.2) is 48.5 Å². The first-order valence-electron chi connectivity index (χ1n) is 7.67. The second-order valence-electron chi connectivity index (χ2n) is 4.62. The molecule has 0 amide bonds. The van der Waals surface area contributed by atoms with Gasteiger partial charge < -0.3 is 11.5 Å². The predicted molar refractivity (Wildman–Crippen MR) is 95.3 cm³/mol. The Morgan fingerprint density at radius 2 is 1.68 bits per heavy atom. The van der Waals surface area contributed by atoms with Crippen molar-refractivity contribution in [3.8, 4) is 6.07 Å². The van der Waals surface area contributed by atoms with Crippen molar-refractivity contribution < 1.29 is 0 Å². The van der Waals surface area contributed by atoms with E-state index in [1.807, 2.05) is 69.3 Å². The summed E-state index contributed by atoms with van der Waals surface area (Å²) in [6.07, 6.45) is 0.996. The van der Waals surface area contributed by atoms with Crippen LogP contribution in [-0.4, -0.2) is 0 Å². The first-order valence-corrected chi connectivity index (χ1v) is 7.67. The van der Waals surface area contributed by atoms with E-state index in [0.717, 1.165) is 23.2 Å². The topological polar surface area (TPSA) is 75.8 Å². The number of benzene rings is 2. The van der Waals surface area contributed by atoms with Crippen molar-refractivity contribution in [3.05, 3.63) is 65.2 Å². The highest BCUT2D eigenvalue weighted by Crippen LogP contribution is 2.11. The van der Waals surface area contributed by atoms with Crippen LogP contribution >= 0.6 is 0 Å². The smallest absolute Gasteiger partial charge is 0.0991 e. The molecule has 0 spiro atoms. The molecule has 0 saturated carbocycles. The van der Waals surface area contributed by atoms with Crippen LogP contribution in [0.25, 0.3) is 0 Å². The average molecular weight is 297 g/mol. The van der Waals surface area contributed by atoms with Crippen molar-refractivity contribution in [2.45, 2.75) is 40.2 Å². The van der Waals surface area contributed by atoms with Crippen LogP contribution in [0.2, 0.25) is 0 Å². The highest BCUT2D eigenvalue weighted by atomic mass is 14.6. The minimum Gasteiger partial charge on any atom is -0.399 e. The number of nitrogens with two attached hydrogens (primary N) is 2. The number of hydrogen-bond donors (Lipinski definition) is 2. The highest BCUT2D eigenvalue weighted by molar-refractivity contribution is 5.39. The van der Waals surface area contributed by atoms with E-state index in [1.54, 1.807) is 0 Å². The molecule has 22 heavy (non-hydrogen) atoms. The number of nitrogen functional groups attached to an aromatic ring is 1. The first-order chi connectivity index (χ1) is 10.6. The van der Waals surface area contributed by atoms with Gasteiger partial charge in [-0.25, -0.2) is 0 Å². The van der Waals surface area contributed by atoms with E-state index in [-0.39, 0.29) is 6.04 Å². The SMILES string of the molecule is CC.CC(N)c1ccc(N)cc1.CCc1cccc(C#N)c1. The fourth-order valence-electron chi connectivity index (χ4n) is 1.66. The number of nitrogens with zero attached hydrogens (tertiary/aromatic N) is 1. The summed E-state index contributed by atoms with van der Waals surface area (Å²) in [4.78, 5) is 0. The van der Waals surface area contributed by atoms with E-state index in [4.69, 9.17) is 16.7 Å². The molecule has 0 bridgehead atoms. The largest absolute Gasteiger partial charge is 0.399 e. The van der Waals surface area contributed by atoms with Crippen molar-refractivity contribution >= 4 is 5.69 Å². The Balaban J connectivity index is 0.000000360. The third-order valence-electron chi connectivity index (χ3n) is 2.93. The molecule has 0 fully saturated rings. The van der Waals surface area contributed by atoms with Crippen LogP contribution in [-0.2, 0) is 6.42 Å². The Bertz CT molecular complexity index is 566. The van der Waals surface area contributed by atoms with Gasteiger partial charge >= 0.3 is 0 Å². The van der Waals surface area contributed by atoms with Gasteiger partial charge in [0.1, 0.15) is 0 Å². The fraction of sp³-hybridized carbons (Fsp3) is 0.316. The van der Waals surface area contributed by atoms with Gasteiger partial charge in [0, 0.05) is 11.7 Å². The van der Waals surface area contributed by atoms with Crippen molar-refractivity contribution in [2.75, 3.05) is 5.73 Å². The standard InChI is InChI=1S/C9H9N.C8H12N2.C2H6/c1-2-8-4-3-5-9(6-8)7-10;1-6(9)7-2-4-8(10)5-3-7;1-2/h3-6H,2H2,1H3;2-6H,9-10H2,1H3;1-2H3. The fourth-order valence-corrected chi connectivity index (χ4v) is 1.66. The third kappa shape index (κ3) is 7.47. The van der Waals surface area contributed by atoms with Gasteiger partial charge in [0.25, 0.3) is 0 Å². The van der Waals surface area contributed by atoms with Gasteiger partial charge in [-0.05, 0) is 48.7 Å². The quantitative estimate of drug-likeness (QED) is 0.805. The van der Waals surface area contributed by atoms with Gasteiger partial charge in [-0.3, -0.25) is 0 Å². The van der Waals surface area contributed by atoms with E-state index >= 15 is 0 Å². The zero-order valence-electron chi connectivity index (χ0n) is 14.0. The summed E-state index contributed by atoms with van der Waals surface area (Å²) < 4.78 is 0. The second-order valence-corrected chi connectivity index (χ2v) is 4.62. The van der Waals surface area contributed by atoms with Crippen LogP contribution in [0.3, 0.4) is 0 Å². The molecule has 0 aliphatic rings. The summed E-state index contributed by atoms with van der Waals surface area (Å²) in [6, 6.07) is 17.5.